The average Bonchev–Trinajstić information content (AvgIpc) is 2.41. The minimum Gasteiger partial charge on any atom is -0.495 e. The van der Waals surface area contributed by atoms with Crippen LogP contribution in [0.3, 0.4) is 0 Å². The highest BCUT2D eigenvalue weighted by atomic mass is 79.9. The van der Waals surface area contributed by atoms with Gasteiger partial charge in [0, 0.05) is 16.5 Å². The van der Waals surface area contributed by atoms with Crippen LogP contribution in [-0.2, 0) is 6.42 Å². The summed E-state index contributed by atoms with van der Waals surface area (Å²) in [6.45, 7) is 0. The Balaban J connectivity index is 2.16. The van der Waals surface area contributed by atoms with Crippen molar-refractivity contribution in [3.8, 4) is 5.75 Å². The summed E-state index contributed by atoms with van der Waals surface area (Å²) in [6.07, 6.45) is 0.357. The van der Waals surface area contributed by atoms with E-state index in [1.807, 2.05) is 24.3 Å². The average molecular weight is 340 g/mol. The molecule has 0 aliphatic rings. The number of rotatable bonds is 4. The Morgan fingerprint density at radius 1 is 1.21 bits per heavy atom. The first-order valence-corrected chi connectivity index (χ1v) is 6.88. The van der Waals surface area contributed by atoms with E-state index in [0.717, 1.165) is 10.0 Å². The molecule has 0 fully saturated rings. The fourth-order valence-corrected chi connectivity index (χ4v) is 2.25. The largest absolute Gasteiger partial charge is 0.495 e. The van der Waals surface area contributed by atoms with Crippen LogP contribution in [0.2, 0.25) is 5.02 Å². The van der Waals surface area contributed by atoms with Gasteiger partial charge < -0.3 is 4.74 Å². The molecule has 0 heterocycles. The highest BCUT2D eigenvalue weighted by Crippen LogP contribution is 2.25. The van der Waals surface area contributed by atoms with Crippen LogP contribution in [0.5, 0.6) is 5.75 Å². The van der Waals surface area contributed by atoms with Crippen molar-refractivity contribution in [2.24, 2.45) is 0 Å². The van der Waals surface area contributed by atoms with Crippen molar-refractivity contribution < 1.29 is 9.53 Å². The fourth-order valence-electron chi connectivity index (χ4n) is 1.73. The van der Waals surface area contributed by atoms with Crippen molar-refractivity contribution >= 4 is 33.3 Å². The van der Waals surface area contributed by atoms with Gasteiger partial charge in [-0.25, -0.2) is 0 Å². The number of hydrogen-bond acceptors (Lipinski definition) is 2. The predicted octanol–water partition coefficient (Wildman–Crippen LogP) is 4.54. The highest BCUT2D eigenvalue weighted by molar-refractivity contribution is 9.10. The number of benzene rings is 2. The Morgan fingerprint density at radius 3 is 2.47 bits per heavy atom. The van der Waals surface area contributed by atoms with E-state index in [0.29, 0.717) is 22.8 Å². The molecule has 0 aliphatic carbocycles. The molecular formula is C15H12BrClO2. The minimum atomic E-state index is 0.0341. The molecule has 4 heteroatoms. The molecular weight excluding hydrogens is 328 g/mol. The SMILES string of the molecule is COc1ccc(C(=O)Cc2ccc(Br)cc2)cc1Cl. The summed E-state index contributed by atoms with van der Waals surface area (Å²) >= 11 is 9.38. The Bertz CT molecular complexity index is 594. The van der Waals surface area contributed by atoms with E-state index in [-0.39, 0.29) is 5.78 Å². The Morgan fingerprint density at radius 2 is 1.89 bits per heavy atom. The molecule has 0 N–H and O–H groups in total. The van der Waals surface area contributed by atoms with E-state index in [1.165, 1.54) is 0 Å². The molecule has 98 valence electrons. The molecule has 0 radical (unpaired) electrons. The maximum atomic E-state index is 12.1. The molecule has 0 amide bonds. The van der Waals surface area contributed by atoms with E-state index in [2.05, 4.69) is 15.9 Å². The molecule has 0 aromatic heterocycles. The quantitative estimate of drug-likeness (QED) is 0.765. The van der Waals surface area contributed by atoms with Crippen molar-refractivity contribution in [2.45, 2.75) is 6.42 Å². The van der Waals surface area contributed by atoms with Gasteiger partial charge >= 0.3 is 0 Å². The lowest BCUT2D eigenvalue weighted by atomic mass is 10.0. The van der Waals surface area contributed by atoms with Crippen LogP contribution >= 0.6 is 27.5 Å². The molecule has 0 unspecified atom stereocenters. The van der Waals surface area contributed by atoms with Crippen LogP contribution in [0.4, 0.5) is 0 Å². The Hall–Kier alpha value is -1.32. The number of Topliss-reactive ketones (excluding diaryl/α,β-unsaturated/α-hetero) is 1. The number of ether oxygens (including phenoxy) is 1. The Labute approximate surface area is 125 Å². The zero-order chi connectivity index (χ0) is 13.8. The maximum Gasteiger partial charge on any atom is 0.167 e. The lowest BCUT2D eigenvalue weighted by Crippen LogP contribution is -2.03. The zero-order valence-corrected chi connectivity index (χ0v) is 12.7. The van der Waals surface area contributed by atoms with Crippen molar-refractivity contribution in [2.75, 3.05) is 7.11 Å². The van der Waals surface area contributed by atoms with Gasteiger partial charge in [0.05, 0.1) is 12.1 Å². The van der Waals surface area contributed by atoms with Crippen LogP contribution in [0.15, 0.2) is 46.9 Å². The number of ketones is 1. The molecule has 2 aromatic rings. The smallest absolute Gasteiger partial charge is 0.167 e. The molecule has 0 bridgehead atoms. The number of carbonyl (C=O) groups is 1. The Kier molecular flexibility index (Phi) is 4.61. The molecule has 2 nitrogen and oxygen atoms in total. The van der Waals surface area contributed by atoms with E-state index >= 15 is 0 Å². The van der Waals surface area contributed by atoms with Gasteiger partial charge in [-0.2, -0.15) is 0 Å². The van der Waals surface area contributed by atoms with Gasteiger partial charge in [0.1, 0.15) is 5.75 Å². The van der Waals surface area contributed by atoms with E-state index in [9.17, 15) is 4.79 Å². The van der Waals surface area contributed by atoms with Crippen LogP contribution in [0, 0.1) is 0 Å². The number of halogens is 2. The summed E-state index contributed by atoms with van der Waals surface area (Å²) in [7, 11) is 1.55. The van der Waals surface area contributed by atoms with E-state index < -0.39 is 0 Å². The third kappa shape index (κ3) is 3.58. The highest BCUT2D eigenvalue weighted by Gasteiger charge is 2.10. The standard InChI is InChI=1S/C15H12BrClO2/c1-19-15-7-4-11(9-13(15)17)14(18)8-10-2-5-12(16)6-3-10/h2-7,9H,8H2,1H3. The maximum absolute atomic E-state index is 12.1. The molecule has 0 saturated carbocycles. The second kappa shape index (κ2) is 6.22. The summed E-state index contributed by atoms with van der Waals surface area (Å²) in [5.74, 6) is 0.605. The summed E-state index contributed by atoms with van der Waals surface area (Å²) in [4.78, 5) is 12.1. The second-order valence-electron chi connectivity index (χ2n) is 4.08. The minimum absolute atomic E-state index is 0.0341. The number of hydrogen-bond donors (Lipinski definition) is 0. The predicted molar refractivity (Wildman–Crippen MR) is 80.2 cm³/mol. The molecule has 0 saturated heterocycles. The van der Waals surface area contributed by atoms with Crippen LogP contribution in [0.25, 0.3) is 0 Å². The molecule has 2 rings (SSSR count). The summed E-state index contributed by atoms with van der Waals surface area (Å²) in [5, 5.41) is 0.448. The zero-order valence-electron chi connectivity index (χ0n) is 10.3. The van der Waals surface area contributed by atoms with Gasteiger partial charge in [0.15, 0.2) is 5.78 Å². The van der Waals surface area contributed by atoms with Gasteiger partial charge in [0.2, 0.25) is 0 Å². The van der Waals surface area contributed by atoms with E-state index in [1.54, 1.807) is 25.3 Å². The van der Waals surface area contributed by atoms with Gasteiger partial charge in [-0.05, 0) is 35.9 Å². The lowest BCUT2D eigenvalue weighted by molar-refractivity contribution is 0.0993. The van der Waals surface area contributed by atoms with Gasteiger partial charge in [-0.15, -0.1) is 0 Å². The number of methoxy groups -OCH3 is 1. The monoisotopic (exact) mass is 338 g/mol. The van der Waals surface area contributed by atoms with Crippen LogP contribution < -0.4 is 4.74 Å². The van der Waals surface area contributed by atoms with Gasteiger partial charge in [-0.1, -0.05) is 39.7 Å². The second-order valence-corrected chi connectivity index (χ2v) is 5.40. The topological polar surface area (TPSA) is 26.3 Å². The third-order valence-corrected chi connectivity index (χ3v) is 3.58. The molecule has 19 heavy (non-hydrogen) atoms. The summed E-state index contributed by atoms with van der Waals surface area (Å²) in [5.41, 5.74) is 1.56. The van der Waals surface area contributed by atoms with Crippen molar-refractivity contribution in [1.29, 1.82) is 0 Å². The van der Waals surface area contributed by atoms with Crippen molar-refractivity contribution in [3.63, 3.8) is 0 Å². The molecule has 0 spiro atoms. The summed E-state index contributed by atoms with van der Waals surface area (Å²) < 4.78 is 6.06. The first-order chi connectivity index (χ1) is 9.10. The van der Waals surface area contributed by atoms with Crippen molar-refractivity contribution in [3.05, 3.63) is 63.1 Å². The van der Waals surface area contributed by atoms with Crippen LogP contribution in [-0.4, -0.2) is 12.9 Å². The van der Waals surface area contributed by atoms with Gasteiger partial charge in [-0.3, -0.25) is 4.79 Å². The normalized spacial score (nSPS) is 10.3. The molecule has 0 atom stereocenters. The molecule has 0 aliphatic heterocycles. The lowest BCUT2D eigenvalue weighted by Gasteiger charge is -2.06. The van der Waals surface area contributed by atoms with Crippen molar-refractivity contribution in [1.82, 2.24) is 0 Å². The number of carbonyl (C=O) groups excluding carboxylic acids is 1. The first-order valence-electron chi connectivity index (χ1n) is 5.71. The van der Waals surface area contributed by atoms with E-state index in [4.69, 9.17) is 16.3 Å². The summed E-state index contributed by atoms with van der Waals surface area (Å²) in [6, 6.07) is 12.8. The fraction of sp³-hybridized carbons (Fsp3) is 0.133. The molecule has 2 aromatic carbocycles. The van der Waals surface area contributed by atoms with Crippen LogP contribution in [0.1, 0.15) is 15.9 Å². The third-order valence-electron chi connectivity index (χ3n) is 2.75. The van der Waals surface area contributed by atoms with Gasteiger partial charge in [0.25, 0.3) is 0 Å². The first kappa shape index (κ1) is 14.1.